The molecule has 2 N–H and O–H groups in total. The van der Waals surface area contributed by atoms with E-state index in [1.807, 2.05) is 38.1 Å². The third-order valence-electron chi connectivity index (χ3n) is 6.26. The van der Waals surface area contributed by atoms with Gasteiger partial charge in [0.1, 0.15) is 6.61 Å². The second-order valence-electron chi connectivity index (χ2n) is 8.84. The topological polar surface area (TPSA) is 95.9 Å². The number of alkyl carbamates (subject to hydrolysis) is 1. The minimum absolute atomic E-state index is 0.0105. The Labute approximate surface area is 201 Å². The summed E-state index contributed by atoms with van der Waals surface area (Å²) >= 11 is 0. The molecule has 1 aliphatic carbocycles. The van der Waals surface area contributed by atoms with Gasteiger partial charge in [0, 0.05) is 38.4 Å². The molecule has 0 saturated heterocycles. The largest absolute Gasteiger partial charge is 0.481 e. The van der Waals surface area contributed by atoms with E-state index in [0.717, 1.165) is 0 Å². The summed E-state index contributed by atoms with van der Waals surface area (Å²) in [6.07, 6.45) is 1.17. The Morgan fingerprint density at radius 3 is 2.24 bits per heavy atom. The Kier molecular flexibility index (Phi) is 9.08. The number of hydrogen-bond donors (Lipinski definition) is 2. The van der Waals surface area contributed by atoms with E-state index in [0.29, 0.717) is 38.9 Å². The van der Waals surface area contributed by atoms with Crippen LogP contribution < -0.4 is 5.32 Å². The molecule has 0 aromatic heterocycles. The zero-order chi connectivity index (χ0) is 24.5. The zero-order valence-electron chi connectivity index (χ0n) is 20.0. The van der Waals surface area contributed by atoms with E-state index in [-0.39, 0.29) is 30.8 Å². The normalized spacial score (nSPS) is 13.0. The summed E-state index contributed by atoms with van der Waals surface area (Å²) in [5, 5.41) is 11.5. The number of nitrogens with zero attached hydrogens (tertiary/aromatic N) is 1. The quantitative estimate of drug-likeness (QED) is 0.444. The molecule has 0 fully saturated rings. The van der Waals surface area contributed by atoms with Crippen LogP contribution in [0.4, 0.5) is 4.79 Å². The number of carbonyl (C=O) groups excluding carboxylic acids is 2. The van der Waals surface area contributed by atoms with Gasteiger partial charge in [-0.25, -0.2) is 4.79 Å². The van der Waals surface area contributed by atoms with Crippen molar-refractivity contribution in [3.63, 3.8) is 0 Å². The number of hydrogen-bond acceptors (Lipinski definition) is 4. The van der Waals surface area contributed by atoms with E-state index in [2.05, 4.69) is 29.6 Å². The Bertz CT molecular complexity index is 961. The molecule has 0 aliphatic heterocycles. The van der Waals surface area contributed by atoms with Crippen LogP contribution in [0.5, 0.6) is 0 Å². The Morgan fingerprint density at radius 1 is 1.03 bits per heavy atom. The van der Waals surface area contributed by atoms with Crippen LogP contribution in [0.1, 0.15) is 56.6 Å². The smallest absolute Gasteiger partial charge is 0.407 e. The van der Waals surface area contributed by atoms with Crippen LogP contribution in [0.3, 0.4) is 0 Å². The minimum Gasteiger partial charge on any atom is -0.481 e. The van der Waals surface area contributed by atoms with Gasteiger partial charge in [0.05, 0.1) is 0 Å². The molecule has 3 rings (SSSR count). The molecule has 0 saturated carbocycles. The molecule has 1 aliphatic rings. The van der Waals surface area contributed by atoms with Crippen LogP contribution in [0.2, 0.25) is 0 Å². The van der Waals surface area contributed by atoms with Gasteiger partial charge in [-0.15, -0.1) is 0 Å². The number of carboxylic acid groups (broad SMARTS) is 1. The van der Waals surface area contributed by atoms with Gasteiger partial charge in [-0.3, -0.25) is 9.59 Å². The van der Waals surface area contributed by atoms with Gasteiger partial charge in [-0.2, -0.15) is 0 Å². The minimum atomic E-state index is -0.817. The average molecular weight is 467 g/mol. The number of amides is 2. The molecule has 2 amide bonds. The number of carboxylic acids is 1. The molecule has 182 valence electrons. The zero-order valence-corrected chi connectivity index (χ0v) is 20.0. The van der Waals surface area contributed by atoms with E-state index in [1.54, 1.807) is 4.90 Å². The van der Waals surface area contributed by atoms with Gasteiger partial charge in [0.15, 0.2) is 0 Å². The maximum Gasteiger partial charge on any atom is 0.407 e. The number of benzene rings is 2. The van der Waals surface area contributed by atoms with E-state index < -0.39 is 12.1 Å². The summed E-state index contributed by atoms with van der Waals surface area (Å²) in [6, 6.07) is 16.4. The van der Waals surface area contributed by atoms with Crippen molar-refractivity contribution in [3.8, 4) is 11.1 Å². The van der Waals surface area contributed by atoms with Crippen LogP contribution >= 0.6 is 0 Å². The van der Waals surface area contributed by atoms with Crippen molar-refractivity contribution in [1.82, 2.24) is 10.2 Å². The monoisotopic (exact) mass is 466 g/mol. The Balaban J connectivity index is 1.43. The SMILES string of the molecule is CCN(CCCCC(=O)O)C(=O)CC(C)CNC(=O)OCC1c2ccccc2-c2ccccc21. The van der Waals surface area contributed by atoms with Crippen LogP contribution in [0.15, 0.2) is 48.5 Å². The van der Waals surface area contributed by atoms with E-state index >= 15 is 0 Å². The number of nitrogens with one attached hydrogen (secondary N) is 1. The maximum absolute atomic E-state index is 12.6. The molecule has 0 bridgehead atoms. The van der Waals surface area contributed by atoms with Crippen molar-refractivity contribution in [1.29, 1.82) is 0 Å². The first-order chi connectivity index (χ1) is 16.4. The lowest BCUT2D eigenvalue weighted by Gasteiger charge is -2.23. The standard InChI is InChI=1S/C27H34N2O5/c1-3-29(15-9-8-14-26(31)32)25(30)16-19(2)17-28-27(33)34-18-24-22-12-6-4-10-20(22)21-11-5-7-13-23(21)24/h4-7,10-13,19,24H,3,8-9,14-18H2,1-2H3,(H,28,33)(H,31,32). The molecular formula is C27H34N2O5. The molecule has 0 radical (unpaired) electrons. The third-order valence-corrected chi connectivity index (χ3v) is 6.26. The summed E-state index contributed by atoms with van der Waals surface area (Å²) in [5.41, 5.74) is 4.70. The highest BCUT2D eigenvalue weighted by Crippen LogP contribution is 2.44. The van der Waals surface area contributed by atoms with Crippen molar-refractivity contribution in [2.24, 2.45) is 5.92 Å². The van der Waals surface area contributed by atoms with Crippen molar-refractivity contribution in [2.75, 3.05) is 26.2 Å². The van der Waals surface area contributed by atoms with Gasteiger partial charge in [-0.1, -0.05) is 55.5 Å². The fourth-order valence-electron chi connectivity index (χ4n) is 4.44. The first kappa shape index (κ1) is 25.3. The highest BCUT2D eigenvalue weighted by Gasteiger charge is 2.29. The molecule has 0 heterocycles. The molecule has 2 aromatic rings. The first-order valence-corrected chi connectivity index (χ1v) is 12.0. The number of rotatable bonds is 12. The molecule has 7 nitrogen and oxygen atoms in total. The number of ether oxygens (including phenoxy) is 1. The third kappa shape index (κ3) is 6.59. The molecule has 2 aromatic carbocycles. The Hall–Kier alpha value is -3.35. The summed E-state index contributed by atoms with van der Waals surface area (Å²) in [5.74, 6) is -0.834. The number of aliphatic carboxylic acids is 1. The lowest BCUT2D eigenvalue weighted by molar-refractivity contribution is -0.137. The average Bonchev–Trinajstić information content (AvgIpc) is 3.15. The first-order valence-electron chi connectivity index (χ1n) is 12.0. The molecule has 1 atom stereocenters. The van der Waals surface area contributed by atoms with Crippen LogP contribution in [-0.2, 0) is 14.3 Å². The van der Waals surface area contributed by atoms with Gasteiger partial charge in [0.2, 0.25) is 5.91 Å². The molecule has 34 heavy (non-hydrogen) atoms. The lowest BCUT2D eigenvalue weighted by atomic mass is 9.98. The summed E-state index contributed by atoms with van der Waals surface area (Å²) in [4.78, 5) is 37.3. The maximum atomic E-state index is 12.6. The van der Waals surface area contributed by atoms with Crippen molar-refractivity contribution >= 4 is 18.0 Å². The van der Waals surface area contributed by atoms with E-state index in [1.165, 1.54) is 22.3 Å². The van der Waals surface area contributed by atoms with Gasteiger partial charge in [0.25, 0.3) is 0 Å². The predicted octanol–water partition coefficient (Wildman–Crippen LogP) is 4.65. The van der Waals surface area contributed by atoms with Gasteiger partial charge >= 0.3 is 12.1 Å². The summed E-state index contributed by atoms with van der Waals surface area (Å²) in [6.45, 7) is 5.56. The van der Waals surface area contributed by atoms with Crippen LogP contribution in [0.25, 0.3) is 11.1 Å². The molecule has 1 unspecified atom stereocenters. The molecular weight excluding hydrogens is 432 g/mol. The Morgan fingerprint density at radius 2 is 1.65 bits per heavy atom. The van der Waals surface area contributed by atoms with Crippen molar-refractivity contribution in [2.45, 2.75) is 45.4 Å². The molecule has 7 heteroatoms. The number of carbonyl (C=O) groups is 3. The highest BCUT2D eigenvalue weighted by atomic mass is 16.5. The van der Waals surface area contributed by atoms with Crippen LogP contribution in [0, 0.1) is 5.92 Å². The van der Waals surface area contributed by atoms with E-state index in [9.17, 15) is 14.4 Å². The van der Waals surface area contributed by atoms with E-state index in [4.69, 9.17) is 9.84 Å². The number of unbranched alkanes of at least 4 members (excludes halogenated alkanes) is 1. The summed E-state index contributed by atoms with van der Waals surface area (Å²) < 4.78 is 5.56. The van der Waals surface area contributed by atoms with Crippen molar-refractivity contribution in [3.05, 3.63) is 59.7 Å². The molecule has 0 spiro atoms. The van der Waals surface area contributed by atoms with Gasteiger partial charge in [-0.05, 0) is 47.9 Å². The lowest BCUT2D eigenvalue weighted by Crippen LogP contribution is -2.36. The van der Waals surface area contributed by atoms with Crippen LogP contribution in [-0.4, -0.2) is 54.2 Å². The number of fused-ring (bicyclic) bond motifs is 3. The second kappa shape index (κ2) is 12.2. The predicted molar refractivity (Wildman–Crippen MR) is 131 cm³/mol. The highest BCUT2D eigenvalue weighted by molar-refractivity contribution is 5.79. The fraction of sp³-hybridized carbons (Fsp3) is 0.444. The van der Waals surface area contributed by atoms with Crippen molar-refractivity contribution < 1.29 is 24.2 Å². The fourth-order valence-corrected chi connectivity index (χ4v) is 4.44. The van der Waals surface area contributed by atoms with Gasteiger partial charge < -0.3 is 20.1 Å². The second-order valence-corrected chi connectivity index (χ2v) is 8.84. The summed E-state index contributed by atoms with van der Waals surface area (Å²) in [7, 11) is 0.